The van der Waals surface area contributed by atoms with E-state index in [1.165, 1.54) is 12.1 Å². The van der Waals surface area contributed by atoms with Crippen LogP contribution in [0.3, 0.4) is 0 Å². The molecule has 1 aromatic carbocycles. The second-order valence-electron chi connectivity index (χ2n) is 3.84. The highest BCUT2D eigenvalue weighted by atomic mass is 35.5. The molecule has 0 amide bonds. The summed E-state index contributed by atoms with van der Waals surface area (Å²) in [5.41, 5.74) is 1.16. The van der Waals surface area contributed by atoms with Crippen LogP contribution in [0.5, 0.6) is 0 Å². The average molecular weight is 266 g/mol. The van der Waals surface area contributed by atoms with E-state index in [4.69, 9.17) is 11.6 Å². The Balaban J connectivity index is 2.48. The van der Waals surface area contributed by atoms with Crippen LogP contribution >= 0.6 is 11.6 Å². The van der Waals surface area contributed by atoms with Crippen molar-refractivity contribution < 1.29 is 4.39 Å². The molecule has 0 aliphatic carbocycles. The molecule has 0 saturated carbocycles. The van der Waals surface area contributed by atoms with Gasteiger partial charge in [-0.05, 0) is 25.1 Å². The van der Waals surface area contributed by atoms with Crippen LogP contribution in [0.15, 0.2) is 37.1 Å². The van der Waals surface area contributed by atoms with Gasteiger partial charge in [-0.1, -0.05) is 17.7 Å². The third kappa shape index (κ3) is 2.54. The lowest BCUT2D eigenvalue weighted by molar-refractivity contribution is 0.618. The highest BCUT2D eigenvalue weighted by molar-refractivity contribution is 6.30. The molecule has 0 unspecified atom stereocenters. The molecule has 2 rings (SSSR count). The van der Waals surface area contributed by atoms with E-state index in [0.717, 1.165) is 5.69 Å². The first-order valence-corrected chi connectivity index (χ1v) is 5.86. The summed E-state index contributed by atoms with van der Waals surface area (Å²) in [4.78, 5) is 4.29. The molecule has 1 aromatic heterocycles. The SMILES string of the molecule is C=CCNc1nc(C)cn1-c1cc(Cl)ccc1F. The van der Waals surface area contributed by atoms with Gasteiger partial charge in [-0.15, -0.1) is 6.58 Å². The summed E-state index contributed by atoms with van der Waals surface area (Å²) in [6.07, 6.45) is 3.46. The lowest BCUT2D eigenvalue weighted by Crippen LogP contribution is -2.06. The first-order valence-electron chi connectivity index (χ1n) is 5.48. The minimum Gasteiger partial charge on any atom is -0.352 e. The molecule has 0 fully saturated rings. The molecule has 0 bridgehead atoms. The number of hydrogen-bond acceptors (Lipinski definition) is 2. The molecular formula is C13H13ClFN3. The van der Waals surface area contributed by atoms with Crippen molar-refractivity contribution in [3.63, 3.8) is 0 Å². The molecule has 5 heteroatoms. The van der Waals surface area contributed by atoms with E-state index >= 15 is 0 Å². The highest BCUT2D eigenvalue weighted by Gasteiger charge is 2.11. The van der Waals surface area contributed by atoms with Crippen molar-refractivity contribution in [2.45, 2.75) is 6.92 Å². The second kappa shape index (κ2) is 5.23. The Morgan fingerprint density at radius 3 is 3.06 bits per heavy atom. The summed E-state index contributed by atoms with van der Waals surface area (Å²) < 4.78 is 15.5. The fourth-order valence-corrected chi connectivity index (χ4v) is 1.81. The summed E-state index contributed by atoms with van der Waals surface area (Å²) >= 11 is 5.89. The zero-order chi connectivity index (χ0) is 13.1. The number of rotatable bonds is 4. The molecule has 0 aliphatic rings. The van der Waals surface area contributed by atoms with Gasteiger partial charge < -0.3 is 5.32 Å². The Morgan fingerprint density at radius 1 is 1.56 bits per heavy atom. The fraction of sp³-hybridized carbons (Fsp3) is 0.154. The number of aromatic nitrogens is 2. The van der Waals surface area contributed by atoms with Crippen LogP contribution in [-0.2, 0) is 0 Å². The predicted octanol–water partition coefficient (Wildman–Crippen LogP) is 3.57. The van der Waals surface area contributed by atoms with Gasteiger partial charge in [0, 0.05) is 17.8 Å². The van der Waals surface area contributed by atoms with Crippen LogP contribution in [0.25, 0.3) is 5.69 Å². The zero-order valence-corrected chi connectivity index (χ0v) is 10.7. The van der Waals surface area contributed by atoms with E-state index in [1.54, 1.807) is 22.9 Å². The highest BCUT2D eigenvalue weighted by Crippen LogP contribution is 2.22. The van der Waals surface area contributed by atoms with Gasteiger partial charge in [0.05, 0.1) is 11.4 Å². The normalized spacial score (nSPS) is 10.4. The minimum absolute atomic E-state index is 0.349. The van der Waals surface area contributed by atoms with Crippen LogP contribution < -0.4 is 5.32 Å². The number of imidazole rings is 1. The van der Waals surface area contributed by atoms with Gasteiger partial charge in [0.1, 0.15) is 5.82 Å². The van der Waals surface area contributed by atoms with Crippen molar-refractivity contribution in [2.75, 3.05) is 11.9 Å². The minimum atomic E-state index is -0.349. The molecule has 2 aromatic rings. The first-order chi connectivity index (χ1) is 8.61. The topological polar surface area (TPSA) is 29.9 Å². The smallest absolute Gasteiger partial charge is 0.208 e. The van der Waals surface area contributed by atoms with Crippen molar-refractivity contribution in [1.29, 1.82) is 0 Å². The fourth-order valence-electron chi connectivity index (χ4n) is 1.64. The van der Waals surface area contributed by atoms with Crippen molar-refractivity contribution in [3.05, 3.63) is 53.6 Å². The van der Waals surface area contributed by atoms with Gasteiger partial charge >= 0.3 is 0 Å². The van der Waals surface area contributed by atoms with Gasteiger partial charge in [0.15, 0.2) is 0 Å². The Kier molecular flexibility index (Phi) is 3.67. The number of halogens is 2. The molecular weight excluding hydrogens is 253 g/mol. The molecule has 94 valence electrons. The second-order valence-corrected chi connectivity index (χ2v) is 4.28. The average Bonchev–Trinajstić information content (AvgIpc) is 2.71. The number of benzene rings is 1. The lowest BCUT2D eigenvalue weighted by Gasteiger charge is -2.09. The van der Waals surface area contributed by atoms with Crippen molar-refractivity contribution in [2.24, 2.45) is 0 Å². The number of nitrogens with zero attached hydrogens (tertiary/aromatic N) is 2. The molecule has 0 aliphatic heterocycles. The lowest BCUT2D eigenvalue weighted by atomic mass is 10.3. The third-order valence-electron chi connectivity index (χ3n) is 2.40. The van der Waals surface area contributed by atoms with Gasteiger partial charge in [0.25, 0.3) is 0 Å². The van der Waals surface area contributed by atoms with Crippen LogP contribution in [0.1, 0.15) is 5.69 Å². The number of nitrogens with one attached hydrogen (secondary N) is 1. The summed E-state index contributed by atoms with van der Waals surface area (Å²) in [5.74, 6) is 0.215. The number of anilines is 1. The van der Waals surface area contributed by atoms with Gasteiger partial charge in [0.2, 0.25) is 5.95 Å². The number of aryl methyl sites for hydroxylation is 1. The van der Waals surface area contributed by atoms with Crippen molar-refractivity contribution >= 4 is 17.5 Å². The van der Waals surface area contributed by atoms with E-state index in [-0.39, 0.29) is 5.82 Å². The third-order valence-corrected chi connectivity index (χ3v) is 2.63. The van der Waals surface area contributed by atoms with Gasteiger partial charge in [-0.2, -0.15) is 0 Å². The quantitative estimate of drug-likeness (QED) is 0.857. The zero-order valence-electron chi connectivity index (χ0n) is 9.95. The van der Waals surface area contributed by atoms with Crippen LogP contribution in [0.4, 0.5) is 10.3 Å². The summed E-state index contributed by atoms with van der Waals surface area (Å²) in [6.45, 7) is 6.02. The molecule has 0 radical (unpaired) electrons. The van der Waals surface area contributed by atoms with Crippen molar-refractivity contribution in [3.8, 4) is 5.69 Å². The van der Waals surface area contributed by atoms with E-state index in [2.05, 4.69) is 16.9 Å². The summed E-state index contributed by atoms with van der Waals surface area (Å²) in [7, 11) is 0. The Morgan fingerprint density at radius 2 is 2.33 bits per heavy atom. The van der Waals surface area contributed by atoms with Gasteiger partial charge in [-0.25, -0.2) is 9.37 Å². The van der Waals surface area contributed by atoms with Crippen LogP contribution in [0, 0.1) is 12.7 Å². The van der Waals surface area contributed by atoms with Gasteiger partial charge in [-0.3, -0.25) is 4.57 Å². The molecule has 0 saturated heterocycles. The Bertz CT molecular complexity index is 578. The molecule has 3 nitrogen and oxygen atoms in total. The molecule has 1 heterocycles. The molecule has 0 atom stereocenters. The Labute approximate surface area is 110 Å². The summed E-state index contributed by atoms with van der Waals surface area (Å²) in [5, 5.41) is 3.53. The maximum absolute atomic E-state index is 13.8. The largest absolute Gasteiger partial charge is 0.352 e. The standard InChI is InChI=1S/C13H13ClFN3/c1-3-6-16-13-17-9(2)8-18(13)12-7-10(14)4-5-11(12)15/h3-5,7-8H,1,6H2,2H3,(H,16,17). The van der Waals surface area contributed by atoms with E-state index in [1.807, 2.05) is 6.92 Å². The monoisotopic (exact) mass is 265 g/mol. The molecule has 0 spiro atoms. The van der Waals surface area contributed by atoms with E-state index in [0.29, 0.717) is 23.2 Å². The Hall–Kier alpha value is -1.81. The summed E-state index contributed by atoms with van der Waals surface area (Å²) in [6, 6.07) is 4.42. The predicted molar refractivity (Wildman–Crippen MR) is 72.0 cm³/mol. The van der Waals surface area contributed by atoms with Crippen molar-refractivity contribution in [1.82, 2.24) is 9.55 Å². The first kappa shape index (κ1) is 12.6. The van der Waals surface area contributed by atoms with E-state index < -0.39 is 0 Å². The van der Waals surface area contributed by atoms with E-state index in [9.17, 15) is 4.39 Å². The van der Waals surface area contributed by atoms with Crippen LogP contribution in [0.2, 0.25) is 5.02 Å². The maximum Gasteiger partial charge on any atom is 0.208 e. The molecule has 18 heavy (non-hydrogen) atoms. The van der Waals surface area contributed by atoms with Crippen LogP contribution in [-0.4, -0.2) is 16.1 Å². The number of hydrogen-bond donors (Lipinski definition) is 1. The maximum atomic E-state index is 13.8. The molecule has 1 N–H and O–H groups in total.